The Balaban J connectivity index is 1.88. The van der Waals surface area contributed by atoms with Crippen molar-refractivity contribution in [3.8, 4) is 0 Å². The van der Waals surface area contributed by atoms with Gasteiger partial charge in [0.1, 0.15) is 4.99 Å². The quantitative estimate of drug-likeness (QED) is 0.748. The highest BCUT2D eigenvalue weighted by Gasteiger charge is 2.04. The van der Waals surface area contributed by atoms with E-state index >= 15 is 0 Å². The molecule has 2 heterocycles. The second kappa shape index (κ2) is 5.43. The number of aromatic nitrogens is 2. The van der Waals surface area contributed by atoms with E-state index in [9.17, 15) is 0 Å². The van der Waals surface area contributed by atoms with Crippen molar-refractivity contribution in [1.29, 1.82) is 0 Å². The molecule has 0 fully saturated rings. The average molecular weight is 281 g/mol. The number of thiocarbonyl (C=S) groups is 1. The molecular weight excluding hydrogens is 266 g/mol. The molecule has 0 saturated carbocycles. The van der Waals surface area contributed by atoms with Crippen LogP contribution in [-0.2, 0) is 13.0 Å². The highest BCUT2D eigenvalue weighted by molar-refractivity contribution is 7.80. The van der Waals surface area contributed by atoms with Crippen LogP contribution in [0.25, 0.3) is 10.9 Å². The standard InChI is InChI=1S/C16H15N3S/c17-16(20)13-5-4-12-6-9-19(15(12)11-13)10-7-14-3-1-2-8-18-14/h1-6,8-9,11H,7,10H2,(H2,17,20). The Morgan fingerprint density at radius 3 is 2.85 bits per heavy atom. The highest BCUT2D eigenvalue weighted by atomic mass is 32.1. The summed E-state index contributed by atoms with van der Waals surface area (Å²) in [4.78, 5) is 4.78. The van der Waals surface area contributed by atoms with Crippen LogP contribution in [0.3, 0.4) is 0 Å². The van der Waals surface area contributed by atoms with E-state index in [1.807, 2.05) is 30.5 Å². The SMILES string of the molecule is NC(=S)c1ccc2ccn(CCc3ccccn3)c2c1. The first-order valence-electron chi connectivity index (χ1n) is 6.52. The first-order valence-corrected chi connectivity index (χ1v) is 6.93. The third-order valence-electron chi connectivity index (χ3n) is 3.39. The molecule has 3 aromatic rings. The van der Waals surface area contributed by atoms with Gasteiger partial charge in [-0.05, 0) is 29.7 Å². The van der Waals surface area contributed by atoms with Gasteiger partial charge >= 0.3 is 0 Å². The van der Waals surface area contributed by atoms with Gasteiger partial charge in [0.05, 0.1) is 0 Å². The predicted molar refractivity (Wildman–Crippen MR) is 85.8 cm³/mol. The third kappa shape index (κ3) is 2.56. The van der Waals surface area contributed by atoms with Crippen molar-refractivity contribution in [2.24, 2.45) is 5.73 Å². The zero-order valence-corrected chi connectivity index (χ0v) is 11.8. The van der Waals surface area contributed by atoms with Gasteiger partial charge in [-0.1, -0.05) is 30.4 Å². The molecule has 2 aromatic heterocycles. The third-order valence-corrected chi connectivity index (χ3v) is 3.63. The van der Waals surface area contributed by atoms with E-state index in [4.69, 9.17) is 18.0 Å². The summed E-state index contributed by atoms with van der Waals surface area (Å²) in [6, 6.07) is 14.2. The van der Waals surface area contributed by atoms with Crippen LogP contribution in [0, 0.1) is 0 Å². The minimum absolute atomic E-state index is 0.435. The van der Waals surface area contributed by atoms with Gasteiger partial charge in [0.15, 0.2) is 0 Å². The number of fused-ring (bicyclic) bond motifs is 1. The van der Waals surface area contributed by atoms with Crippen LogP contribution in [0.15, 0.2) is 54.9 Å². The Morgan fingerprint density at radius 2 is 2.10 bits per heavy atom. The maximum absolute atomic E-state index is 5.70. The molecule has 1 aromatic carbocycles. The van der Waals surface area contributed by atoms with Crippen LogP contribution in [0.5, 0.6) is 0 Å². The van der Waals surface area contributed by atoms with Gasteiger partial charge in [0.2, 0.25) is 0 Å². The largest absolute Gasteiger partial charge is 0.389 e. The Morgan fingerprint density at radius 1 is 1.20 bits per heavy atom. The van der Waals surface area contributed by atoms with E-state index in [1.165, 1.54) is 5.39 Å². The number of benzene rings is 1. The van der Waals surface area contributed by atoms with Crippen molar-refractivity contribution < 1.29 is 0 Å². The lowest BCUT2D eigenvalue weighted by atomic mass is 10.1. The number of nitrogens with two attached hydrogens (primary N) is 1. The summed E-state index contributed by atoms with van der Waals surface area (Å²) in [5.41, 5.74) is 8.86. The fraction of sp³-hybridized carbons (Fsp3) is 0.125. The van der Waals surface area contributed by atoms with Gasteiger partial charge in [-0.3, -0.25) is 4.98 Å². The molecule has 0 atom stereocenters. The average Bonchev–Trinajstić information content (AvgIpc) is 2.88. The molecule has 0 radical (unpaired) electrons. The Bertz CT molecular complexity index is 747. The first kappa shape index (κ1) is 12.8. The zero-order chi connectivity index (χ0) is 13.9. The first-order chi connectivity index (χ1) is 9.74. The van der Waals surface area contributed by atoms with Crippen LogP contribution in [0.2, 0.25) is 0 Å². The molecule has 0 aliphatic heterocycles. The molecule has 4 heteroatoms. The molecular formula is C16H15N3S. The minimum Gasteiger partial charge on any atom is -0.389 e. The number of rotatable bonds is 4. The Kier molecular flexibility index (Phi) is 3.48. The zero-order valence-electron chi connectivity index (χ0n) is 11.0. The van der Waals surface area contributed by atoms with Crippen molar-refractivity contribution in [1.82, 2.24) is 9.55 Å². The van der Waals surface area contributed by atoms with Crippen LogP contribution >= 0.6 is 12.2 Å². The van der Waals surface area contributed by atoms with Crippen molar-refractivity contribution >= 4 is 28.1 Å². The number of hydrogen-bond acceptors (Lipinski definition) is 2. The second-order valence-corrected chi connectivity index (χ2v) is 5.16. The van der Waals surface area contributed by atoms with Crippen molar-refractivity contribution in [2.75, 3.05) is 0 Å². The van der Waals surface area contributed by atoms with E-state index in [1.54, 1.807) is 0 Å². The summed E-state index contributed by atoms with van der Waals surface area (Å²) in [7, 11) is 0. The number of pyridine rings is 1. The molecule has 20 heavy (non-hydrogen) atoms. The molecule has 0 amide bonds. The van der Waals surface area contributed by atoms with Gasteiger partial charge in [0.25, 0.3) is 0 Å². The summed E-state index contributed by atoms with van der Waals surface area (Å²) in [5, 5.41) is 1.20. The van der Waals surface area contributed by atoms with E-state index < -0.39 is 0 Å². The molecule has 0 aliphatic rings. The number of hydrogen-bond donors (Lipinski definition) is 1. The van der Waals surface area contributed by atoms with Gasteiger partial charge in [0, 0.05) is 42.1 Å². The summed E-state index contributed by atoms with van der Waals surface area (Å²) in [6.07, 6.45) is 4.83. The summed E-state index contributed by atoms with van der Waals surface area (Å²) >= 11 is 5.04. The molecule has 2 N–H and O–H groups in total. The fourth-order valence-electron chi connectivity index (χ4n) is 2.31. The lowest BCUT2D eigenvalue weighted by Crippen LogP contribution is -2.09. The molecule has 0 spiro atoms. The van der Waals surface area contributed by atoms with Crippen LogP contribution < -0.4 is 5.73 Å². The molecule has 3 nitrogen and oxygen atoms in total. The monoisotopic (exact) mass is 281 g/mol. The fourth-order valence-corrected chi connectivity index (χ4v) is 2.44. The smallest absolute Gasteiger partial charge is 0.104 e. The Hall–Kier alpha value is -2.20. The van der Waals surface area contributed by atoms with Crippen LogP contribution in [0.1, 0.15) is 11.3 Å². The van der Waals surface area contributed by atoms with E-state index in [0.717, 1.165) is 29.7 Å². The molecule has 0 unspecified atom stereocenters. The second-order valence-electron chi connectivity index (χ2n) is 4.72. The number of nitrogens with zero attached hydrogens (tertiary/aromatic N) is 2. The summed E-state index contributed by atoms with van der Waals surface area (Å²) < 4.78 is 2.21. The molecule has 0 saturated heterocycles. The van der Waals surface area contributed by atoms with Crippen molar-refractivity contribution in [3.63, 3.8) is 0 Å². The maximum Gasteiger partial charge on any atom is 0.104 e. The predicted octanol–water partition coefficient (Wildman–Crippen LogP) is 2.91. The Labute approximate surface area is 123 Å². The van der Waals surface area contributed by atoms with Crippen LogP contribution in [-0.4, -0.2) is 14.5 Å². The molecule has 0 bridgehead atoms. The maximum atomic E-state index is 5.70. The van der Waals surface area contributed by atoms with Crippen LogP contribution in [0.4, 0.5) is 0 Å². The lowest BCUT2D eigenvalue weighted by molar-refractivity contribution is 0.710. The van der Waals surface area contributed by atoms with Gasteiger partial charge in [-0.15, -0.1) is 0 Å². The van der Waals surface area contributed by atoms with Gasteiger partial charge in [-0.25, -0.2) is 0 Å². The molecule has 0 aliphatic carbocycles. The van der Waals surface area contributed by atoms with Gasteiger partial charge < -0.3 is 10.3 Å². The highest BCUT2D eigenvalue weighted by Crippen LogP contribution is 2.18. The van der Waals surface area contributed by atoms with Crippen molar-refractivity contribution in [2.45, 2.75) is 13.0 Å². The normalized spacial score (nSPS) is 10.8. The van der Waals surface area contributed by atoms with E-state index in [2.05, 4.69) is 33.9 Å². The number of aryl methyl sites for hydroxylation is 2. The summed E-state index contributed by atoms with van der Waals surface area (Å²) in [6.45, 7) is 0.890. The molecule has 100 valence electrons. The molecule has 3 rings (SSSR count). The van der Waals surface area contributed by atoms with E-state index in [-0.39, 0.29) is 0 Å². The summed E-state index contributed by atoms with van der Waals surface area (Å²) in [5.74, 6) is 0. The minimum atomic E-state index is 0.435. The lowest BCUT2D eigenvalue weighted by Gasteiger charge is -2.06. The van der Waals surface area contributed by atoms with E-state index in [0.29, 0.717) is 4.99 Å². The van der Waals surface area contributed by atoms with Gasteiger partial charge in [-0.2, -0.15) is 0 Å². The van der Waals surface area contributed by atoms with Crippen molar-refractivity contribution in [3.05, 3.63) is 66.1 Å². The topological polar surface area (TPSA) is 43.8 Å².